The Labute approximate surface area is 129 Å². The molecule has 6 heteroatoms. The summed E-state index contributed by atoms with van der Waals surface area (Å²) in [6, 6.07) is 0.254. The lowest BCUT2D eigenvalue weighted by molar-refractivity contribution is 0.0923. The van der Waals surface area contributed by atoms with Crippen molar-refractivity contribution < 1.29 is 9.53 Å². The third-order valence-electron chi connectivity index (χ3n) is 4.45. The second kappa shape index (κ2) is 6.42. The fraction of sp³-hybridized carbons (Fsp3) is 0.733. The van der Waals surface area contributed by atoms with E-state index in [-0.39, 0.29) is 11.9 Å². The highest BCUT2D eigenvalue weighted by atomic mass is 32.1. The number of thiazole rings is 1. The molecule has 0 aromatic carbocycles. The molecule has 1 saturated heterocycles. The lowest BCUT2D eigenvalue weighted by Gasteiger charge is -2.18. The molecule has 1 aliphatic carbocycles. The summed E-state index contributed by atoms with van der Waals surface area (Å²) in [5, 5.41) is 5.99. The first-order valence-electron chi connectivity index (χ1n) is 7.61. The van der Waals surface area contributed by atoms with Crippen LogP contribution in [0, 0.1) is 18.8 Å². The van der Waals surface area contributed by atoms with Crippen LogP contribution in [0.15, 0.2) is 5.38 Å². The van der Waals surface area contributed by atoms with Crippen LogP contribution in [0.2, 0.25) is 0 Å². The largest absolute Gasteiger partial charge is 0.383 e. The summed E-state index contributed by atoms with van der Waals surface area (Å²) in [4.78, 5) is 19.0. The molecule has 2 fully saturated rings. The fourth-order valence-electron chi connectivity index (χ4n) is 3.18. The number of hydrogen-bond acceptors (Lipinski definition) is 5. The Bertz CT molecular complexity index is 501. The van der Waals surface area contributed by atoms with E-state index in [2.05, 4.69) is 15.2 Å². The molecule has 2 heterocycles. The summed E-state index contributed by atoms with van der Waals surface area (Å²) in [5.74, 6) is 1.36. The number of carbonyl (C=O) groups is 1. The number of carbonyl (C=O) groups excluding carboxylic acids is 1. The fourth-order valence-corrected chi connectivity index (χ4v) is 3.77. The van der Waals surface area contributed by atoms with Crippen LogP contribution in [0.4, 0.5) is 0 Å². The molecule has 3 rings (SSSR count). The van der Waals surface area contributed by atoms with Gasteiger partial charge in [0.25, 0.3) is 5.91 Å². The van der Waals surface area contributed by atoms with E-state index >= 15 is 0 Å². The third-order valence-corrected chi connectivity index (χ3v) is 5.22. The summed E-state index contributed by atoms with van der Waals surface area (Å²) >= 11 is 1.52. The van der Waals surface area contributed by atoms with E-state index in [1.54, 1.807) is 7.11 Å². The molecule has 1 N–H and O–H groups in total. The Hall–Kier alpha value is -0.980. The Kier molecular flexibility index (Phi) is 4.57. The molecule has 21 heavy (non-hydrogen) atoms. The van der Waals surface area contributed by atoms with Crippen molar-refractivity contribution in [1.82, 2.24) is 15.2 Å². The van der Waals surface area contributed by atoms with E-state index < -0.39 is 0 Å². The number of aromatic nitrogens is 1. The van der Waals surface area contributed by atoms with Crippen molar-refractivity contribution in [3.8, 4) is 0 Å². The number of ether oxygens (including phenoxy) is 1. The number of aryl methyl sites for hydroxylation is 1. The van der Waals surface area contributed by atoms with E-state index in [9.17, 15) is 4.79 Å². The quantitative estimate of drug-likeness (QED) is 0.866. The van der Waals surface area contributed by atoms with Crippen molar-refractivity contribution in [1.29, 1.82) is 0 Å². The van der Waals surface area contributed by atoms with Crippen LogP contribution in [-0.2, 0) is 4.74 Å². The zero-order valence-corrected chi connectivity index (χ0v) is 13.5. The molecule has 0 bridgehead atoms. The number of methoxy groups -OCH3 is 1. The van der Waals surface area contributed by atoms with E-state index in [1.165, 1.54) is 24.2 Å². The number of rotatable bonds is 6. The molecule has 1 aliphatic heterocycles. The minimum Gasteiger partial charge on any atom is -0.383 e. The van der Waals surface area contributed by atoms with E-state index in [0.29, 0.717) is 11.6 Å². The van der Waals surface area contributed by atoms with Gasteiger partial charge in [-0.15, -0.1) is 11.3 Å². The first-order valence-corrected chi connectivity index (χ1v) is 8.49. The van der Waals surface area contributed by atoms with Gasteiger partial charge in [-0.05, 0) is 31.6 Å². The van der Waals surface area contributed by atoms with Crippen LogP contribution in [0.1, 0.15) is 28.3 Å². The molecule has 0 radical (unpaired) electrons. The van der Waals surface area contributed by atoms with Crippen molar-refractivity contribution in [2.75, 3.05) is 33.4 Å². The number of nitrogens with one attached hydrogen (secondary N) is 1. The summed E-state index contributed by atoms with van der Waals surface area (Å²) in [7, 11) is 1.73. The molecular formula is C15H23N3O2S. The van der Waals surface area contributed by atoms with Crippen molar-refractivity contribution in [2.45, 2.75) is 25.8 Å². The molecule has 1 aromatic rings. The third kappa shape index (κ3) is 3.62. The van der Waals surface area contributed by atoms with Gasteiger partial charge in [0.1, 0.15) is 5.69 Å². The summed E-state index contributed by atoms with van der Waals surface area (Å²) in [5.41, 5.74) is 0.558. The predicted molar refractivity (Wildman–Crippen MR) is 82.6 cm³/mol. The van der Waals surface area contributed by atoms with Gasteiger partial charge in [-0.1, -0.05) is 0 Å². The molecule has 0 spiro atoms. The Morgan fingerprint density at radius 2 is 2.33 bits per heavy atom. The van der Waals surface area contributed by atoms with Crippen LogP contribution in [0.5, 0.6) is 0 Å². The average molecular weight is 309 g/mol. The first kappa shape index (κ1) is 14.9. The van der Waals surface area contributed by atoms with Gasteiger partial charge in [0.15, 0.2) is 0 Å². The SMILES string of the molecule is COCCN1C[C@H](NC(=O)c2csc(C)n2)[C@@H](C2CC2)C1. The lowest BCUT2D eigenvalue weighted by atomic mass is 9.98. The van der Waals surface area contributed by atoms with Gasteiger partial charge in [0.2, 0.25) is 0 Å². The second-order valence-electron chi connectivity index (χ2n) is 6.09. The molecule has 2 aliphatic rings. The van der Waals surface area contributed by atoms with Gasteiger partial charge in [-0.25, -0.2) is 4.98 Å². The predicted octanol–water partition coefficient (Wildman–Crippen LogP) is 1.54. The second-order valence-corrected chi connectivity index (χ2v) is 7.15. The lowest BCUT2D eigenvalue weighted by Crippen LogP contribution is -2.41. The standard InChI is InChI=1S/C15H23N3O2S/c1-10-16-14(9-21-10)15(19)17-13-8-18(5-6-20-2)7-12(13)11-3-4-11/h9,11-13H,3-8H2,1-2H3,(H,17,19)/t12-,13+/m1/s1. The molecular weight excluding hydrogens is 286 g/mol. The molecule has 1 saturated carbocycles. The number of amides is 1. The van der Waals surface area contributed by atoms with Crippen molar-refractivity contribution in [3.05, 3.63) is 16.1 Å². The van der Waals surface area contributed by atoms with Crippen LogP contribution in [0.3, 0.4) is 0 Å². The molecule has 116 valence electrons. The van der Waals surface area contributed by atoms with E-state index in [0.717, 1.165) is 37.2 Å². The van der Waals surface area contributed by atoms with E-state index in [1.807, 2.05) is 12.3 Å². The maximum atomic E-state index is 12.3. The zero-order valence-electron chi connectivity index (χ0n) is 12.7. The van der Waals surface area contributed by atoms with Gasteiger partial charge in [0, 0.05) is 38.2 Å². The maximum Gasteiger partial charge on any atom is 0.271 e. The zero-order chi connectivity index (χ0) is 14.8. The first-order chi connectivity index (χ1) is 10.2. The van der Waals surface area contributed by atoms with Crippen molar-refractivity contribution in [3.63, 3.8) is 0 Å². The monoisotopic (exact) mass is 309 g/mol. The number of hydrogen-bond donors (Lipinski definition) is 1. The van der Waals surface area contributed by atoms with Crippen LogP contribution >= 0.6 is 11.3 Å². The molecule has 0 unspecified atom stereocenters. The van der Waals surface area contributed by atoms with Crippen LogP contribution in [-0.4, -0.2) is 55.2 Å². The summed E-state index contributed by atoms with van der Waals surface area (Å²) in [6.07, 6.45) is 2.62. The van der Waals surface area contributed by atoms with Gasteiger partial charge in [-0.3, -0.25) is 9.69 Å². The maximum absolute atomic E-state index is 12.3. The van der Waals surface area contributed by atoms with Crippen LogP contribution < -0.4 is 5.32 Å². The molecule has 1 aromatic heterocycles. The van der Waals surface area contributed by atoms with Gasteiger partial charge < -0.3 is 10.1 Å². The summed E-state index contributed by atoms with van der Waals surface area (Å²) < 4.78 is 5.17. The van der Waals surface area contributed by atoms with Crippen LogP contribution in [0.25, 0.3) is 0 Å². The van der Waals surface area contributed by atoms with Gasteiger partial charge >= 0.3 is 0 Å². The molecule has 2 atom stereocenters. The molecule has 5 nitrogen and oxygen atoms in total. The average Bonchev–Trinajstić information content (AvgIpc) is 3.09. The summed E-state index contributed by atoms with van der Waals surface area (Å²) in [6.45, 7) is 5.64. The smallest absolute Gasteiger partial charge is 0.271 e. The number of nitrogens with zero attached hydrogens (tertiary/aromatic N) is 2. The van der Waals surface area contributed by atoms with Crippen molar-refractivity contribution >= 4 is 17.2 Å². The number of likely N-dealkylation sites (tertiary alicyclic amines) is 1. The topological polar surface area (TPSA) is 54.5 Å². The highest BCUT2D eigenvalue weighted by Gasteiger charge is 2.42. The van der Waals surface area contributed by atoms with Gasteiger partial charge in [-0.2, -0.15) is 0 Å². The minimum absolute atomic E-state index is 0.0245. The Morgan fingerprint density at radius 1 is 1.52 bits per heavy atom. The van der Waals surface area contributed by atoms with Gasteiger partial charge in [0.05, 0.1) is 11.6 Å². The Morgan fingerprint density at radius 3 is 2.95 bits per heavy atom. The molecule has 1 amide bonds. The highest BCUT2D eigenvalue weighted by molar-refractivity contribution is 7.09. The Balaban J connectivity index is 1.60. The normalized spacial score (nSPS) is 26.2. The van der Waals surface area contributed by atoms with Crippen molar-refractivity contribution in [2.24, 2.45) is 11.8 Å². The highest BCUT2D eigenvalue weighted by Crippen LogP contribution is 2.41. The minimum atomic E-state index is -0.0245. The van der Waals surface area contributed by atoms with E-state index in [4.69, 9.17) is 4.74 Å².